The highest BCUT2D eigenvalue weighted by Crippen LogP contribution is 2.28. The van der Waals surface area contributed by atoms with Gasteiger partial charge in [-0.05, 0) is 24.1 Å². The number of thiazole rings is 1. The topological polar surface area (TPSA) is 76.2 Å². The van der Waals surface area contributed by atoms with Gasteiger partial charge in [0.1, 0.15) is 0 Å². The van der Waals surface area contributed by atoms with Crippen LogP contribution in [0.1, 0.15) is 22.8 Å². The van der Waals surface area contributed by atoms with Crippen molar-refractivity contribution in [3.8, 4) is 0 Å². The fraction of sp³-hybridized carbons (Fsp3) is 0.200. The Kier molecular flexibility index (Phi) is 2.32. The Morgan fingerprint density at radius 1 is 1.60 bits per heavy atom. The minimum atomic E-state index is -0.918. The highest BCUT2D eigenvalue weighted by molar-refractivity contribution is 7.22. The second-order valence-corrected chi connectivity index (χ2v) is 4.26. The SMILES string of the molecule is CCc1cc(C(=O)O)cc2sc(N)nc12. The third-order valence-electron chi connectivity index (χ3n) is 2.22. The van der Waals surface area contributed by atoms with Crippen LogP contribution in [0.2, 0.25) is 0 Å². The number of anilines is 1. The highest BCUT2D eigenvalue weighted by atomic mass is 32.1. The average molecular weight is 222 g/mol. The number of hydrogen-bond acceptors (Lipinski definition) is 4. The van der Waals surface area contributed by atoms with Crippen LogP contribution in [0.15, 0.2) is 12.1 Å². The zero-order chi connectivity index (χ0) is 11.0. The normalized spacial score (nSPS) is 10.7. The molecule has 0 atom stereocenters. The van der Waals surface area contributed by atoms with E-state index >= 15 is 0 Å². The van der Waals surface area contributed by atoms with Gasteiger partial charge in [0, 0.05) is 0 Å². The van der Waals surface area contributed by atoms with E-state index in [1.54, 1.807) is 12.1 Å². The van der Waals surface area contributed by atoms with Gasteiger partial charge in [0.15, 0.2) is 5.13 Å². The molecule has 1 aromatic carbocycles. The predicted molar refractivity (Wildman–Crippen MR) is 60.4 cm³/mol. The molecule has 2 rings (SSSR count). The van der Waals surface area contributed by atoms with Gasteiger partial charge in [0.2, 0.25) is 0 Å². The van der Waals surface area contributed by atoms with Gasteiger partial charge in [-0.15, -0.1) is 0 Å². The van der Waals surface area contributed by atoms with Crippen LogP contribution in [0.4, 0.5) is 5.13 Å². The maximum absolute atomic E-state index is 10.9. The highest BCUT2D eigenvalue weighted by Gasteiger charge is 2.11. The van der Waals surface area contributed by atoms with Gasteiger partial charge < -0.3 is 10.8 Å². The first-order valence-electron chi connectivity index (χ1n) is 4.54. The summed E-state index contributed by atoms with van der Waals surface area (Å²) in [6, 6.07) is 3.27. The third kappa shape index (κ3) is 1.66. The molecule has 0 unspecified atom stereocenters. The van der Waals surface area contributed by atoms with Gasteiger partial charge in [-0.1, -0.05) is 18.3 Å². The summed E-state index contributed by atoms with van der Waals surface area (Å²) in [6.07, 6.45) is 0.751. The first-order valence-corrected chi connectivity index (χ1v) is 5.35. The Hall–Kier alpha value is -1.62. The van der Waals surface area contributed by atoms with Gasteiger partial charge in [-0.2, -0.15) is 0 Å². The molecule has 1 aromatic heterocycles. The number of benzene rings is 1. The van der Waals surface area contributed by atoms with Gasteiger partial charge in [-0.3, -0.25) is 0 Å². The second-order valence-electron chi connectivity index (χ2n) is 3.19. The molecule has 0 aliphatic heterocycles. The molecule has 0 amide bonds. The first kappa shape index (κ1) is 9.92. The Morgan fingerprint density at radius 3 is 2.93 bits per heavy atom. The van der Waals surface area contributed by atoms with Crippen LogP contribution in [-0.2, 0) is 6.42 Å². The molecule has 0 bridgehead atoms. The lowest BCUT2D eigenvalue weighted by Crippen LogP contribution is -1.97. The van der Waals surface area contributed by atoms with Crippen molar-refractivity contribution >= 4 is 32.7 Å². The van der Waals surface area contributed by atoms with E-state index in [4.69, 9.17) is 10.8 Å². The first-order chi connectivity index (χ1) is 7.11. The molecular weight excluding hydrogens is 212 g/mol. The van der Waals surface area contributed by atoms with E-state index < -0.39 is 5.97 Å². The fourth-order valence-electron chi connectivity index (χ4n) is 1.51. The van der Waals surface area contributed by atoms with Crippen LogP contribution in [0, 0.1) is 0 Å². The molecule has 0 fully saturated rings. The fourth-order valence-corrected chi connectivity index (χ4v) is 2.33. The number of hydrogen-bond donors (Lipinski definition) is 2. The van der Waals surface area contributed by atoms with Crippen molar-refractivity contribution in [2.45, 2.75) is 13.3 Å². The van der Waals surface area contributed by atoms with E-state index in [1.807, 2.05) is 6.92 Å². The number of nitrogens with zero attached hydrogens (tertiary/aromatic N) is 1. The number of aromatic carboxylic acids is 1. The lowest BCUT2D eigenvalue weighted by Gasteiger charge is -2.00. The minimum absolute atomic E-state index is 0.294. The molecule has 0 saturated carbocycles. The number of aryl methyl sites for hydroxylation is 1. The van der Waals surface area contributed by atoms with Crippen molar-refractivity contribution in [2.75, 3.05) is 5.73 Å². The second kappa shape index (κ2) is 3.51. The summed E-state index contributed by atoms with van der Waals surface area (Å²) < 4.78 is 0.837. The van der Waals surface area contributed by atoms with Crippen LogP contribution in [0.25, 0.3) is 10.2 Å². The monoisotopic (exact) mass is 222 g/mol. The van der Waals surface area contributed by atoms with E-state index in [2.05, 4.69) is 4.98 Å². The van der Waals surface area contributed by atoms with Gasteiger partial charge in [-0.25, -0.2) is 9.78 Å². The Labute approximate surface area is 90.4 Å². The molecular formula is C10H10N2O2S. The quantitative estimate of drug-likeness (QED) is 0.816. The molecule has 0 aliphatic carbocycles. The number of nitrogen functional groups attached to an aromatic ring is 1. The number of carboxylic acid groups (broad SMARTS) is 1. The number of fused-ring (bicyclic) bond motifs is 1. The van der Waals surface area contributed by atoms with E-state index in [1.165, 1.54) is 11.3 Å². The molecule has 0 spiro atoms. The van der Waals surface area contributed by atoms with Crippen molar-refractivity contribution < 1.29 is 9.90 Å². The lowest BCUT2D eigenvalue weighted by molar-refractivity contribution is 0.0697. The van der Waals surface area contributed by atoms with Gasteiger partial charge in [0.25, 0.3) is 0 Å². The van der Waals surface area contributed by atoms with Crippen molar-refractivity contribution in [1.82, 2.24) is 4.98 Å². The summed E-state index contributed by atoms with van der Waals surface area (Å²) in [5.41, 5.74) is 7.65. The Morgan fingerprint density at radius 2 is 2.33 bits per heavy atom. The maximum Gasteiger partial charge on any atom is 0.335 e. The molecule has 0 aliphatic rings. The molecule has 78 valence electrons. The number of rotatable bonds is 2. The van der Waals surface area contributed by atoms with Crippen molar-refractivity contribution in [1.29, 1.82) is 0 Å². The van der Waals surface area contributed by atoms with E-state index in [-0.39, 0.29) is 0 Å². The van der Waals surface area contributed by atoms with Crippen molar-refractivity contribution in [2.24, 2.45) is 0 Å². The Balaban J connectivity index is 2.76. The number of aromatic nitrogens is 1. The zero-order valence-corrected chi connectivity index (χ0v) is 8.97. The molecule has 0 saturated heterocycles. The van der Waals surface area contributed by atoms with Gasteiger partial charge in [0.05, 0.1) is 15.8 Å². The van der Waals surface area contributed by atoms with E-state index in [9.17, 15) is 4.79 Å². The molecule has 3 N–H and O–H groups in total. The molecule has 15 heavy (non-hydrogen) atoms. The Bertz CT molecular complexity index is 533. The summed E-state index contributed by atoms with van der Waals surface area (Å²) in [6.45, 7) is 1.97. The molecule has 1 heterocycles. The summed E-state index contributed by atoms with van der Waals surface area (Å²) in [7, 11) is 0. The summed E-state index contributed by atoms with van der Waals surface area (Å²) in [5.74, 6) is -0.918. The summed E-state index contributed by atoms with van der Waals surface area (Å²) >= 11 is 1.32. The minimum Gasteiger partial charge on any atom is -0.478 e. The van der Waals surface area contributed by atoms with Crippen LogP contribution in [-0.4, -0.2) is 16.1 Å². The van der Waals surface area contributed by atoms with Gasteiger partial charge >= 0.3 is 5.97 Å². The molecule has 0 radical (unpaired) electrons. The van der Waals surface area contributed by atoms with Crippen molar-refractivity contribution in [3.05, 3.63) is 23.3 Å². The van der Waals surface area contributed by atoms with E-state index in [0.717, 1.165) is 22.2 Å². The number of carbonyl (C=O) groups is 1. The van der Waals surface area contributed by atoms with Crippen LogP contribution >= 0.6 is 11.3 Å². The smallest absolute Gasteiger partial charge is 0.335 e. The van der Waals surface area contributed by atoms with Crippen LogP contribution in [0.3, 0.4) is 0 Å². The van der Waals surface area contributed by atoms with Crippen LogP contribution in [0.5, 0.6) is 0 Å². The molecule has 5 heteroatoms. The molecule has 2 aromatic rings. The maximum atomic E-state index is 10.9. The predicted octanol–water partition coefficient (Wildman–Crippen LogP) is 2.14. The van der Waals surface area contributed by atoms with Crippen LogP contribution < -0.4 is 5.73 Å². The average Bonchev–Trinajstić information content (AvgIpc) is 2.56. The summed E-state index contributed by atoms with van der Waals surface area (Å²) in [4.78, 5) is 15.1. The lowest BCUT2D eigenvalue weighted by atomic mass is 10.1. The van der Waals surface area contributed by atoms with Crippen molar-refractivity contribution in [3.63, 3.8) is 0 Å². The number of nitrogens with two attached hydrogens (primary N) is 1. The standard InChI is InChI=1S/C10H10N2O2S/c1-2-5-3-6(9(13)14)4-7-8(5)12-10(11)15-7/h3-4H,2H2,1H3,(H2,11,12)(H,13,14). The largest absolute Gasteiger partial charge is 0.478 e. The van der Waals surface area contributed by atoms with E-state index in [0.29, 0.717) is 10.7 Å². The number of carboxylic acids is 1. The zero-order valence-electron chi connectivity index (χ0n) is 8.15. The summed E-state index contributed by atoms with van der Waals surface area (Å²) in [5, 5.41) is 9.40. The molecule has 4 nitrogen and oxygen atoms in total. The third-order valence-corrected chi connectivity index (χ3v) is 3.05.